The topological polar surface area (TPSA) is 107 Å². The van der Waals surface area contributed by atoms with Crippen molar-refractivity contribution >= 4 is 17.5 Å². The molecule has 1 aromatic heterocycles. The summed E-state index contributed by atoms with van der Waals surface area (Å²) in [6.07, 6.45) is 2.83. The van der Waals surface area contributed by atoms with Crippen LogP contribution in [0, 0.1) is 0 Å². The molecule has 1 saturated heterocycles. The molecule has 9 heteroatoms. The monoisotopic (exact) mass is 386 g/mol. The predicted molar refractivity (Wildman–Crippen MR) is 99.2 cm³/mol. The Bertz CT molecular complexity index is 875. The van der Waals surface area contributed by atoms with Gasteiger partial charge < -0.3 is 24.2 Å². The van der Waals surface area contributed by atoms with Gasteiger partial charge in [-0.15, -0.1) is 0 Å². The van der Waals surface area contributed by atoms with Crippen LogP contribution in [-0.2, 0) is 9.53 Å². The van der Waals surface area contributed by atoms with Crippen LogP contribution < -0.4 is 15.0 Å². The number of nitrogens with one attached hydrogen (secondary N) is 1. The number of nitrogens with zero attached hydrogens (tertiary/aromatic N) is 3. The Morgan fingerprint density at radius 2 is 2.29 bits per heavy atom. The zero-order chi connectivity index (χ0) is 19.5. The standard InChI is InChI=1S/C19H22N4O5/c1-2-7-23-14-6-5-12(9-15(14)27-11-16(23)24)17-21-19(28-22-17)18(25)20-10-13-4-3-8-26-13/h5-6,9,13H,2-4,7-8,10-11H2,1H3,(H,20,25)/t13-/m1/s1. The average molecular weight is 386 g/mol. The molecule has 0 unspecified atom stereocenters. The molecule has 3 heterocycles. The Morgan fingerprint density at radius 3 is 3.07 bits per heavy atom. The molecule has 1 N–H and O–H groups in total. The summed E-state index contributed by atoms with van der Waals surface area (Å²) in [5, 5.41) is 6.64. The quantitative estimate of drug-likeness (QED) is 0.806. The summed E-state index contributed by atoms with van der Waals surface area (Å²) in [5.74, 6) is 0.275. The average Bonchev–Trinajstić information content (AvgIpc) is 3.40. The predicted octanol–water partition coefficient (Wildman–Crippen LogP) is 1.78. The molecule has 148 valence electrons. The number of benzene rings is 1. The Kier molecular flexibility index (Phi) is 5.25. The molecule has 1 atom stereocenters. The molecule has 0 bridgehead atoms. The second-order valence-electron chi connectivity index (χ2n) is 6.78. The smallest absolute Gasteiger partial charge is 0.316 e. The van der Waals surface area contributed by atoms with Gasteiger partial charge in [-0.3, -0.25) is 9.59 Å². The van der Waals surface area contributed by atoms with Crippen LogP contribution in [0.4, 0.5) is 5.69 Å². The Balaban J connectivity index is 1.48. The van der Waals surface area contributed by atoms with Gasteiger partial charge in [0.1, 0.15) is 5.75 Å². The van der Waals surface area contributed by atoms with E-state index in [1.165, 1.54) is 0 Å². The van der Waals surface area contributed by atoms with Crippen LogP contribution in [0.15, 0.2) is 22.7 Å². The summed E-state index contributed by atoms with van der Waals surface area (Å²) in [5.41, 5.74) is 1.37. The van der Waals surface area contributed by atoms with Gasteiger partial charge in [0.05, 0.1) is 11.8 Å². The number of carbonyl (C=O) groups excluding carboxylic acids is 2. The van der Waals surface area contributed by atoms with E-state index in [4.69, 9.17) is 14.0 Å². The minimum absolute atomic E-state index is 0.000406. The van der Waals surface area contributed by atoms with Crippen molar-refractivity contribution in [3.63, 3.8) is 0 Å². The molecular weight excluding hydrogens is 364 g/mol. The highest BCUT2D eigenvalue weighted by Gasteiger charge is 2.26. The molecule has 2 amide bonds. The number of rotatable bonds is 6. The molecule has 2 aromatic rings. The van der Waals surface area contributed by atoms with Gasteiger partial charge in [0, 0.05) is 25.3 Å². The third-order valence-electron chi connectivity index (χ3n) is 4.74. The zero-order valence-corrected chi connectivity index (χ0v) is 15.6. The number of fused-ring (bicyclic) bond motifs is 1. The maximum atomic E-state index is 12.2. The van der Waals surface area contributed by atoms with Crippen LogP contribution in [0.3, 0.4) is 0 Å². The first kappa shape index (κ1) is 18.4. The first-order valence-corrected chi connectivity index (χ1v) is 9.47. The third-order valence-corrected chi connectivity index (χ3v) is 4.74. The minimum atomic E-state index is -0.428. The molecule has 1 fully saturated rings. The van der Waals surface area contributed by atoms with Gasteiger partial charge in [-0.25, -0.2) is 0 Å². The first-order valence-electron chi connectivity index (χ1n) is 9.47. The van der Waals surface area contributed by atoms with E-state index in [1.54, 1.807) is 23.1 Å². The van der Waals surface area contributed by atoms with E-state index in [0.29, 0.717) is 24.4 Å². The summed E-state index contributed by atoms with van der Waals surface area (Å²) in [7, 11) is 0. The summed E-state index contributed by atoms with van der Waals surface area (Å²) in [6, 6.07) is 5.33. The lowest BCUT2D eigenvalue weighted by Gasteiger charge is -2.29. The third kappa shape index (κ3) is 3.70. The molecule has 1 aromatic carbocycles. The van der Waals surface area contributed by atoms with Gasteiger partial charge in [-0.05, 0) is 37.5 Å². The highest BCUT2D eigenvalue weighted by atomic mass is 16.5. The Morgan fingerprint density at radius 1 is 1.39 bits per heavy atom. The van der Waals surface area contributed by atoms with Crippen molar-refractivity contribution in [3.05, 3.63) is 24.1 Å². The van der Waals surface area contributed by atoms with Crippen molar-refractivity contribution in [3.8, 4) is 17.1 Å². The SMILES string of the molecule is CCCN1C(=O)COc2cc(-c3noc(C(=O)NC[C@H]4CCCO4)n3)ccc21. The maximum absolute atomic E-state index is 12.2. The van der Waals surface area contributed by atoms with Gasteiger partial charge >= 0.3 is 11.8 Å². The summed E-state index contributed by atoms with van der Waals surface area (Å²) in [4.78, 5) is 30.1. The van der Waals surface area contributed by atoms with Crippen molar-refractivity contribution in [2.75, 3.05) is 31.2 Å². The molecule has 4 rings (SSSR count). The molecular formula is C19H22N4O5. The molecule has 9 nitrogen and oxygen atoms in total. The molecule has 2 aliphatic rings. The summed E-state index contributed by atoms with van der Waals surface area (Å²) in [6.45, 7) is 3.80. The van der Waals surface area contributed by atoms with Crippen molar-refractivity contribution in [2.24, 2.45) is 0 Å². The van der Waals surface area contributed by atoms with Gasteiger partial charge in [0.2, 0.25) is 5.82 Å². The van der Waals surface area contributed by atoms with Gasteiger partial charge in [-0.1, -0.05) is 12.1 Å². The molecule has 28 heavy (non-hydrogen) atoms. The van der Waals surface area contributed by atoms with Crippen LogP contribution in [0.5, 0.6) is 5.75 Å². The molecule has 0 radical (unpaired) electrons. The fraction of sp³-hybridized carbons (Fsp3) is 0.474. The number of hydrogen-bond acceptors (Lipinski definition) is 7. The van der Waals surface area contributed by atoms with Crippen LogP contribution in [-0.4, -0.2) is 54.4 Å². The van der Waals surface area contributed by atoms with Crippen molar-refractivity contribution < 1.29 is 23.6 Å². The van der Waals surface area contributed by atoms with Crippen molar-refractivity contribution in [1.82, 2.24) is 15.5 Å². The summed E-state index contributed by atoms with van der Waals surface area (Å²) >= 11 is 0. The van der Waals surface area contributed by atoms with Crippen LogP contribution in [0.1, 0.15) is 36.9 Å². The normalized spacial score (nSPS) is 18.7. The highest BCUT2D eigenvalue weighted by Crippen LogP contribution is 2.35. The van der Waals surface area contributed by atoms with E-state index < -0.39 is 5.91 Å². The lowest BCUT2D eigenvalue weighted by atomic mass is 10.1. The number of carbonyl (C=O) groups is 2. The molecule has 2 aliphatic heterocycles. The number of amides is 2. The van der Waals surface area contributed by atoms with Crippen LogP contribution in [0.25, 0.3) is 11.4 Å². The number of hydrogen-bond donors (Lipinski definition) is 1. The van der Waals surface area contributed by atoms with Crippen LogP contribution >= 0.6 is 0 Å². The van der Waals surface area contributed by atoms with Gasteiger partial charge in [0.25, 0.3) is 5.91 Å². The second-order valence-corrected chi connectivity index (χ2v) is 6.78. The maximum Gasteiger partial charge on any atom is 0.316 e. The number of anilines is 1. The van der Waals surface area contributed by atoms with E-state index in [9.17, 15) is 9.59 Å². The van der Waals surface area contributed by atoms with E-state index in [1.807, 2.05) is 6.92 Å². The number of aromatic nitrogens is 2. The Labute approximate surface area is 162 Å². The van der Waals surface area contributed by atoms with E-state index in [0.717, 1.165) is 31.6 Å². The zero-order valence-electron chi connectivity index (χ0n) is 15.6. The fourth-order valence-corrected chi connectivity index (χ4v) is 3.33. The van der Waals surface area contributed by atoms with Crippen molar-refractivity contribution in [1.29, 1.82) is 0 Å². The summed E-state index contributed by atoms with van der Waals surface area (Å²) < 4.78 is 16.1. The Hall–Kier alpha value is -2.94. The van der Waals surface area contributed by atoms with Gasteiger partial charge in [0.15, 0.2) is 6.61 Å². The highest BCUT2D eigenvalue weighted by molar-refractivity contribution is 5.98. The molecule has 0 spiro atoms. The van der Waals surface area contributed by atoms with E-state index >= 15 is 0 Å². The fourth-order valence-electron chi connectivity index (χ4n) is 3.33. The molecule has 0 saturated carbocycles. The lowest BCUT2D eigenvalue weighted by Crippen LogP contribution is -2.39. The van der Waals surface area contributed by atoms with Crippen molar-refractivity contribution in [2.45, 2.75) is 32.3 Å². The minimum Gasteiger partial charge on any atom is -0.482 e. The molecule has 0 aliphatic carbocycles. The largest absolute Gasteiger partial charge is 0.482 e. The van der Waals surface area contributed by atoms with E-state index in [2.05, 4.69) is 15.5 Å². The lowest BCUT2D eigenvalue weighted by molar-refractivity contribution is -0.121. The van der Waals surface area contributed by atoms with Gasteiger partial charge in [-0.2, -0.15) is 4.98 Å². The van der Waals surface area contributed by atoms with Crippen LogP contribution in [0.2, 0.25) is 0 Å². The van der Waals surface area contributed by atoms with E-state index in [-0.39, 0.29) is 30.3 Å². The second kappa shape index (κ2) is 7.97. The first-order chi connectivity index (χ1) is 13.7. The number of ether oxygens (including phenoxy) is 2.